The summed E-state index contributed by atoms with van der Waals surface area (Å²) in [4.78, 5) is 11.2. The molecule has 0 spiro atoms. The summed E-state index contributed by atoms with van der Waals surface area (Å²) in [6, 6.07) is 2.92. The summed E-state index contributed by atoms with van der Waals surface area (Å²) >= 11 is 3.62. The van der Waals surface area contributed by atoms with Crippen LogP contribution < -0.4 is 5.32 Å². The van der Waals surface area contributed by atoms with Crippen LogP contribution in [0.3, 0.4) is 0 Å². The molecule has 1 N–H and O–H groups in total. The maximum Gasteiger partial charge on any atom is 0.128 e. The van der Waals surface area contributed by atoms with Crippen LogP contribution in [-0.4, -0.2) is 28.3 Å². The van der Waals surface area contributed by atoms with E-state index in [1.165, 1.54) is 42.5 Å². The number of aromatic nitrogens is 2. The molecule has 19 heavy (non-hydrogen) atoms. The largest absolute Gasteiger partial charge is 0.314 e. The molecule has 2 aromatic rings. The Hall–Kier alpha value is -0.650. The summed E-state index contributed by atoms with van der Waals surface area (Å²) in [5.74, 6) is 1.14. The second-order valence-corrected chi connectivity index (χ2v) is 7.36. The second kappa shape index (κ2) is 6.20. The van der Waals surface area contributed by atoms with Crippen molar-refractivity contribution in [1.29, 1.82) is 0 Å². The van der Waals surface area contributed by atoms with E-state index in [0.717, 1.165) is 15.6 Å². The maximum absolute atomic E-state index is 4.44. The fourth-order valence-corrected chi connectivity index (χ4v) is 4.48. The van der Waals surface area contributed by atoms with Gasteiger partial charge in [-0.1, -0.05) is 6.42 Å². The molecule has 0 radical (unpaired) electrons. The van der Waals surface area contributed by atoms with Gasteiger partial charge in [0, 0.05) is 22.1 Å². The van der Waals surface area contributed by atoms with Crippen LogP contribution in [0.2, 0.25) is 0 Å². The predicted octanol–water partition coefficient (Wildman–Crippen LogP) is 3.62. The first-order valence-corrected chi connectivity index (χ1v) is 8.70. The normalized spacial score (nSPS) is 19.9. The number of hydrogen-bond donors (Lipinski definition) is 1. The number of fused-ring (bicyclic) bond motifs is 1. The molecule has 1 fully saturated rings. The molecule has 2 aromatic heterocycles. The Morgan fingerprint density at radius 2 is 2.37 bits per heavy atom. The van der Waals surface area contributed by atoms with Gasteiger partial charge in [-0.25, -0.2) is 9.97 Å². The lowest BCUT2D eigenvalue weighted by atomic mass is 10.0. The number of rotatable bonds is 4. The van der Waals surface area contributed by atoms with E-state index < -0.39 is 0 Å². The Morgan fingerprint density at radius 3 is 3.21 bits per heavy atom. The molecule has 1 unspecified atom stereocenters. The third kappa shape index (κ3) is 3.27. The van der Waals surface area contributed by atoms with Crippen molar-refractivity contribution in [2.24, 2.45) is 0 Å². The fraction of sp³-hybridized carbons (Fsp3) is 0.571. The third-order valence-corrected chi connectivity index (χ3v) is 5.53. The Morgan fingerprint density at radius 1 is 1.42 bits per heavy atom. The summed E-state index contributed by atoms with van der Waals surface area (Å²) in [6.45, 7) is 3.32. The van der Waals surface area contributed by atoms with Crippen molar-refractivity contribution in [2.45, 2.75) is 43.7 Å². The zero-order valence-corrected chi connectivity index (χ0v) is 12.8. The van der Waals surface area contributed by atoms with Crippen LogP contribution in [0.15, 0.2) is 17.4 Å². The third-order valence-electron chi connectivity index (χ3n) is 3.53. The Kier molecular flexibility index (Phi) is 4.35. The average molecular weight is 293 g/mol. The van der Waals surface area contributed by atoms with Gasteiger partial charge in [-0.3, -0.25) is 0 Å². The van der Waals surface area contributed by atoms with E-state index in [9.17, 15) is 0 Å². The van der Waals surface area contributed by atoms with Gasteiger partial charge in [0.2, 0.25) is 0 Å². The lowest BCUT2D eigenvalue weighted by Crippen LogP contribution is -2.34. The van der Waals surface area contributed by atoms with Gasteiger partial charge >= 0.3 is 0 Å². The smallest absolute Gasteiger partial charge is 0.128 e. The van der Waals surface area contributed by atoms with E-state index in [2.05, 4.69) is 28.3 Å². The predicted molar refractivity (Wildman–Crippen MR) is 83.1 cm³/mol. The molecule has 3 heterocycles. The van der Waals surface area contributed by atoms with Crippen molar-refractivity contribution < 1.29 is 0 Å². The fourth-order valence-electron chi connectivity index (χ4n) is 2.54. The molecule has 3 nitrogen and oxygen atoms in total. The van der Waals surface area contributed by atoms with Gasteiger partial charge in [0.15, 0.2) is 0 Å². The van der Waals surface area contributed by atoms with Crippen molar-refractivity contribution in [3.05, 3.63) is 17.3 Å². The van der Waals surface area contributed by atoms with Crippen molar-refractivity contribution >= 4 is 33.3 Å². The molecule has 1 atom stereocenters. The van der Waals surface area contributed by atoms with Crippen LogP contribution in [0.25, 0.3) is 10.2 Å². The number of hydrogen-bond acceptors (Lipinski definition) is 5. The molecular formula is C14H19N3S2. The van der Waals surface area contributed by atoms with Gasteiger partial charge in [-0.05, 0) is 38.8 Å². The van der Waals surface area contributed by atoms with E-state index in [4.69, 9.17) is 0 Å². The Labute approximate surface area is 122 Å². The topological polar surface area (TPSA) is 37.8 Å². The first-order chi connectivity index (χ1) is 9.33. The Bertz CT molecular complexity index is 547. The van der Waals surface area contributed by atoms with Gasteiger partial charge in [-0.15, -0.1) is 23.1 Å². The summed E-state index contributed by atoms with van der Waals surface area (Å²) in [5.41, 5.74) is 0. The van der Waals surface area contributed by atoms with Crippen molar-refractivity contribution in [2.75, 3.05) is 12.3 Å². The van der Waals surface area contributed by atoms with Crippen molar-refractivity contribution in [1.82, 2.24) is 15.3 Å². The minimum absolute atomic E-state index is 0.711. The second-order valence-electron chi connectivity index (χ2n) is 5.04. The molecule has 0 aromatic carbocycles. The standard InChI is InChI=1S/C14H19N3S2/c1-10-8-12-13(16-9-17-14(12)19-10)18-7-5-11-4-2-3-6-15-11/h8-9,11,15H,2-7H2,1H3. The molecule has 1 aliphatic heterocycles. The van der Waals surface area contributed by atoms with E-state index in [0.29, 0.717) is 6.04 Å². The van der Waals surface area contributed by atoms with E-state index in [1.54, 1.807) is 17.7 Å². The zero-order valence-electron chi connectivity index (χ0n) is 11.2. The molecule has 0 saturated carbocycles. The molecule has 3 rings (SSSR count). The SMILES string of the molecule is Cc1cc2c(SCCC3CCCCN3)ncnc2s1. The molecule has 0 amide bonds. The monoisotopic (exact) mass is 293 g/mol. The highest BCUT2D eigenvalue weighted by Gasteiger charge is 2.13. The number of thiophene rings is 1. The van der Waals surface area contributed by atoms with Crippen molar-refractivity contribution in [3.63, 3.8) is 0 Å². The maximum atomic E-state index is 4.44. The van der Waals surface area contributed by atoms with Gasteiger partial charge in [0.05, 0.1) is 0 Å². The molecule has 102 valence electrons. The summed E-state index contributed by atoms with van der Waals surface area (Å²) in [7, 11) is 0. The molecule has 0 aliphatic carbocycles. The number of piperidine rings is 1. The number of nitrogens with zero attached hydrogens (tertiary/aromatic N) is 2. The molecule has 1 aliphatic rings. The lowest BCUT2D eigenvalue weighted by molar-refractivity contribution is 0.395. The highest BCUT2D eigenvalue weighted by Crippen LogP contribution is 2.30. The highest BCUT2D eigenvalue weighted by molar-refractivity contribution is 7.99. The van der Waals surface area contributed by atoms with E-state index in [-0.39, 0.29) is 0 Å². The molecular weight excluding hydrogens is 274 g/mol. The van der Waals surface area contributed by atoms with Gasteiger partial charge in [0.1, 0.15) is 16.2 Å². The zero-order chi connectivity index (χ0) is 13.1. The van der Waals surface area contributed by atoms with Gasteiger partial charge < -0.3 is 5.32 Å². The van der Waals surface area contributed by atoms with Crippen LogP contribution in [0.4, 0.5) is 0 Å². The summed E-state index contributed by atoms with van der Waals surface area (Å²) in [5, 5.41) is 5.97. The average Bonchev–Trinajstić information content (AvgIpc) is 2.81. The Balaban J connectivity index is 1.61. The highest BCUT2D eigenvalue weighted by atomic mass is 32.2. The number of thioether (sulfide) groups is 1. The minimum atomic E-state index is 0.711. The molecule has 0 bridgehead atoms. The summed E-state index contributed by atoms with van der Waals surface area (Å²) in [6.07, 6.45) is 6.98. The first-order valence-electron chi connectivity index (χ1n) is 6.90. The van der Waals surface area contributed by atoms with Crippen LogP contribution in [-0.2, 0) is 0 Å². The van der Waals surface area contributed by atoms with E-state index in [1.807, 2.05) is 11.8 Å². The van der Waals surface area contributed by atoms with E-state index >= 15 is 0 Å². The van der Waals surface area contributed by atoms with Crippen LogP contribution in [0.1, 0.15) is 30.6 Å². The first kappa shape index (κ1) is 13.3. The van der Waals surface area contributed by atoms with Crippen LogP contribution in [0, 0.1) is 6.92 Å². The minimum Gasteiger partial charge on any atom is -0.314 e. The molecule has 1 saturated heterocycles. The van der Waals surface area contributed by atoms with Crippen molar-refractivity contribution in [3.8, 4) is 0 Å². The summed E-state index contributed by atoms with van der Waals surface area (Å²) < 4.78 is 0. The lowest BCUT2D eigenvalue weighted by Gasteiger charge is -2.23. The van der Waals surface area contributed by atoms with Gasteiger partial charge in [0.25, 0.3) is 0 Å². The number of aryl methyl sites for hydroxylation is 1. The quantitative estimate of drug-likeness (QED) is 0.690. The van der Waals surface area contributed by atoms with Gasteiger partial charge in [-0.2, -0.15) is 0 Å². The van der Waals surface area contributed by atoms with Crippen LogP contribution >= 0.6 is 23.1 Å². The number of nitrogens with one attached hydrogen (secondary N) is 1. The van der Waals surface area contributed by atoms with Crippen LogP contribution in [0.5, 0.6) is 0 Å². The molecule has 5 heteroatoms.